The zero-order chi connectivity index (χ0) is 42.0. The van der Waals surface area contributed by atoms with Crippen LogP contribution in [0.1, 0.15) is 11.4 Å². The van der Waals surface area contributed by atoms with Crippen LogP contribution in [0.4, 0.5) is 52.2 Å². The van der Waals surface area contributed by atoms with Crippen LogP contribution < -0.4 is 14.4 Å². The molecular weight excluding hydrogens is 795 g/mol. The number of fused-ring (bicyclic) bond motifs is 9. The quantitative estimate of drug-likeness (QED) is 0.110. The predicted molar refractivity (Wildman–Crippen MR) is 214 cm³/mol. The molecule has 8 bridgehead atoms. The van der Waals surface area contributed by atoms with Crippen LogP contribution >= 0.6 is 0 Å². The SMILES string of the molecule is COc1c(F)c(F)c(-c2c3nc(c(N(c4ccccc4)c4ccccc4)c4ccc([nH]4)c(-c4c(F)c(F)c(OC)c(F)c4F)c4ccc([nH]4)c4ccc2[nH]4)C=C3)c(F)c1F. The molecule has 0 atom stereocenters. The van der Waals surface area contributed by atoms with Gasteiger partial charge in [0.2, 0.25) is 23.3 Å². The summed E-state index contributed by atoms with van der Waals surface area (Å²) in [4.78, 5) is 15.8. The molecule has 4 aromatic heterocycles. The van der Waals surface area contributed by atoms with Gasteiger partial charge in [0.05, 0.1) is 59.0 Å². The highest BCUT2D eigenvalue weighted by molar-refractivity contribution is 6.01. The molecule has 0 amide bonds. The first-order chi connectivity index (χ1) is 29.0. The number of hydrogen-bond donors (Lipinski definition) is 3. The summed E-state index contributed by atoms with van der Waals surface area (Å²) in [5.41, 5.74) is -0.792. The molecule has 8 aromatic rings. The van der Waals surface area contributed by atoms with Crippen LogP contribution in [0, 0.1) is 46.5 Å². The summed E-state index contributed by atoms with van der Waals surface area (Å²) in [7, 11) is 1.74. The van der Waals surface area contributed by atoms with Gasteiger partial charge >= 0.3 is 0 Å². The molecule has 9 rings (SSSR count). The smallest absolute Gasteiger partial charge is 0.204 e. The molecule has 1 aliphatic rings. The lowest BCUT2D eigenvalue weighted by Crippen LogP contribution is -2.11. The number of hydrogen-bond acceptors (Lipinski definition) is 4. The average Bonchev–Trinajstić information content (AvgIpc) is 4.11. The van der Waals surface area contributed by atoms with Crippen LogP contribution in [0.2, 0.25) is 0 Å². The van der Waals surface area contributed by atoms with E-state index in [1.54, 1.807) is 71.6 Å². The molecule has 300 valence electrons. The van der Waals surface area contributed by atoms with Gasteiger partial charge in [0.1, 0.15) is 0 Å². The van der Waals surface area contributed by atoms with Gasteiger partial charge in [-0.25, -0.2) is 22.5 Å². The van der Waals surface area contributed by atoms with Gasteiger partial charge in [0, 0.05) is 39.1 Å². The molecule has 60 heavy (non-hydrogen) atoms. The monoisotopic (exact) mass is 821 g/mol. The molecule has 5 heterocycles. The van der Waals surface area contributed by atoms with E-state index in [1.165, 1.54) is 42.5 Å². The third-order valence-corrected chi connectivity index (χ3v) is 10.2. The predicted octanol–water partition coefficient (Wildman–Crippen LogP) is 12.6. The van der Waals surface area contributed by atoms with Crippen molar-refractivity contribution >= 4 is 62.3 Å². The molecule has 0 unspecified atom stereocenters. The minimum Gasteiger partial charge on any atom is -0.491 e. The van der Waals surface area contributed by atoms with Gasteiger partial charge in [-0.3, -0.25) is 0 Å². The summed E-state index contributed by atoms with van der Waals surface area (Å²) in [6, 6.07) is 26.6. The second kappa shape index (κ2) is 14.7. The second-order valence-electron chi connectivity index (χ2n) is 13.5. The Bertz CT molecular complexity index is 3080. The number of anilines is 3. The fraction of sp³-hybridized carbons (Fsp3) is 0.0444. The zero-order valence-electron chi connectivity index (χ0n) is 31.1. The number of benzene rings is 4. The Kier molecular flexibility index (Phi) is 9.30. The lowest BCUT2D eigenvalue weighted by Gasteiger charge is -2.26. The van der Waals surface area contributed by atoms with Crippen LogP contribution in [0.3, 0.4) is 0 Å². The van der Waals surface area contributed by atoms with E-state index >= 15 is 35.1 Å². The Morgan fingerprint density at radius 2 is 0.767 bits per heavy atom. The zero-order valence-corrected chi connectivity index (χ0v) is 31.1. The summed E-state index contributed by atoms with van der Waals surface area (Å²) in [6.45, 7) is 0. The Morgan fingerprint density at radius 3 is 1.22 bits per heavy atom. The third kappa shape index (κ3) is 5.91. The summed E-state index contributed by atoms with van der Waals surface area (Å²) in [5.74, 6) is -16.6. The Balaban J connectivity index is 1.51. The number of aromatic nitrogens is 4. The number of para-hydroxylation sites is 2. The van der Waals surface area contributed by atoms with E-state index in [9.17, 15) is 0 Å². The highest BCUT2D eigenvalue weighted by Gasteiger charge is 2.32. The first-order valence-corrected chi connectivity index (χ1v) is 18.1. The molecule has 4 aromatic carbocycles. The van der Waals surface area contributed by atoms with Gasteiger partial charge < -0.3 is 29.3 Å². The van der Waals surface area contributed by atoms with Crippen molar-refractivity contribution in [1.82, 2.24) is 19.9 Å². The van der Waals surface area contributed by atoms with Crippen LogP contribution in [-0.2, 0) is 0 Å². The summed E-state index contributed by atoms with van der Waals surface area (Å²) < 4.78 is 135. The molecule has 0 spiro atoms. The lowest BCUT2D eigenvalue weighted by atomic mass is 10.0. The molecule has 1 aliphatic heterocycles. The molecule has 0 fully saturated rings. The fourth-order valence-electron chi connectivity index (χ4n) is 7.48. The van der Waals surface area contributed by atoms with Crippen molar-refractivity contribution in [3.05, 3.63) is 155 Å². The van der Waals surface area contributed by atoms with Crippen LogP contribution in [0.25, 0.3) is 67.5 Å². The Morgan fingerprint density at radius 1 is 0.400 bits per heavy atom. The van der Waals surface area contributed by atoms with Crippen molar-refractivity contribution in [1.29, 1.82) is 0 Å². The van der Waals surface area contributed by atoms with Crippen LogP contribution in [0.5, 0.6) is 11.5 Å². The molecule has 3 N–H and O–H groups in total. The largest absolute Gasteiger partial charge is 0.491 e. The standard InChI is InChI=1S/C45H27F8N5O2/c1-59-44-39(50)35(46)33(36(47)40(44)51)31-25-15-13-23(54-25)24-14-16-26(55-24)32(34-37(48)41(52)45(60-2)42(53)38(34)49)28-18-20-30(57-28)43(29-19-17-27(31)56-29)58(21-9-5-3-6-10-21)22-11-7-4-8-12-22/h3-20,54-56H,1-2H3. The Hall–Kier alpha value is -7.55. The van der Waals surface area contributed by atoms with Crippen LogP contribution in [-0.4, -0.2) is 34.2 Å². The van der Waals surface area contributed by atoms with Gasteiger partial charge in [0.15, 0.2) is 34.8 Å². The van der Waals surface area contributed by atoms with E-state index in [0.717, 1.165) is 14.2 Å². The number of ether oxygens (including phenoxy) is 2. The molecule has 15 heteroatoms. The molecule has 0 aliphatic carbocycles. The average molecular weight is 822 g/mol. The highest BCUT2D eigenvalue weighted by Crippen LogP contribution is 2.45. The molecule has 0 radical (unpaired) electrons. The molecule has 7 nitrogen and oxygen atoms in total. The number of H-pyrrole nitrogens is 3. The van der Waals surface area contributed by atoms with Crippen molar-refractivity contribution in [2.45, 2.75) is 0 Å². The van der Waals surface area contributed by atoms with Gasteiger partial charge in [0.25, 0.3) is 0 Å². The van der Waals surface area contributed by atoms with Crippen molar-refractivity contribution in [3.8, 4) is 33.8 Å². The summed E-state index contributed by atoms with van der Waals surface area (Å²) in [6.07, 6.45) is 2.92. The fourth-order valence-corrected chi connectivity index (χ4v) is 7.48. The van der Waals surface area contributed by atoms with Crippen LogP contribution in [0.15, 0.2) is 97.1 Å². The van der Waals surface area contributed by atoms with Crippen molar-refractivity contribution < 1.29 is 44.6 Å². The summed E-state index contributed by atoms with van der Waals surface area (Å²) in [5, 5.41) is 0. The molecular formula is C45H27F8N5O2. The second-order valence-corrected chi connectivity index (χ2v) is 13.5. The van der Waals surface area contributed by atoms with Crippen molar-refractivity contribution in [3.63, 3.8) is 0 Å². The first-order valence-electron chi connectivity index (χ1n) is 18.1. The summed E-state index contributed by atoms with van der Waals surface area (Å²) >= 11 is 0. The maximum atomic E-state index is 16.1. The van der Waals surface area contributed by atoms with E-state index < -0.39 is 69.2 Å². The third-order valence-electron chi connectivity index (χ3n) is 10.2. The van der Waals surface area contributed by atoms with Gasteiger partial charge in [-0.1, -0.05) is 36.4 Å². The van der Waals surface area contributed by atoms with E-state index in [0.29, 0.717) is 11.4 Å². The van der Waals surface area contributed by atoms with E-state index in [2.05, 4.69) is 24.4 Å². The maximum absolute atomic E-state index is 16.1. The first kappa shape index (κ1) is 38.0. The number of aromatic amines is 3. The van der Waals surface area contributed by atoms with Crippen molar-refractivity contribution in [2.24, 2.45) is 0 Å². The number of nitrogens with one attached hydrogen (secondary N) is 3. The van der Waals surface area contributed by atoms with E-state index in [1.807, 2.05) is 0 Å². The van der Waals surface area contributed by atoms with Gasteiger partial charge in [-0.05, 0) is 72.8 Å². The minimum absolute atomic E-state index is 0.00635. The minimum atomic E-state index is -1.78. The molecule has 0 saturated carbocycles. The molecule has 0 saturated heterocycles. The topological polar surface area (TPSA) is 82.0 Å². The number of methoxy groups -OCH3 is 2. The van der Waals surface area contributed by atoms with E-state index in [-0.39, 0.29) is 61.3 Å². The van der Waals surface area contributed by atoms with Gasteiger partial charge in [-0.2, -0.15) is 17.6 Å². The highest BCUT2D eigenvalue weighted by atomic mass is 19.2. The number of halogens is 8. The van der Waals surface area contributed by atoms with E-state index in [4.69, 9.17) is 4.98 Å². The van der Waals surface area contributed by atoms with Crippen molar-refractivity contribution in [2.75, 3.05) is 19.1 Å². The number of nitrogens with zero attached hydrogens (tertiary/aromatic N) is 2. The van der Waals surface area contributed by atoms with Gasteiger partial charge in [-0.15, -0.1) is 0 Å². The maximum Gasteiger partial charge on any atom is 0.204 e. The Labute approximate surface area is 334 Å². The number of rotatable bonds is 7. The normalized spacial score (nSPS) is 11.8. The lowest BCUT2D eigenvalue weighted by molar-refractivity contribution is 0.334.